The highest BCUT2D eigenvalue weighted by atomic mass is 16.7. The molecule has 0 aromatic heterocycles. The fraction of sp³-hybridized carbons (Fsp3) is 0.600. The maximum atomic E-state index is 5.88. The maximum absolute atomic E-state index is 5.88. The molecule has 0 saturated carbocycles. The highest BCUT2D eigenvalue weighted by Gasteiger charge is 2.24. The maximum Gasteiger partial charge on any atom is 0.231 e. The summed E-state index contributed by atoms with van der Waals surface area (Å²) in [7, 11) is 1.95. The molecule has 2 aliphatic rings. The first-order valence-corrected chi connectivity index (χ1v) is 7.11. The van der Waals surface area contributed by atoms with Gasteiger partial charge in [-0.2, -0.15) is 0 Å². The summed E-state index contributed by atoms with van der Waals surface area (Å²) in [6.45, 7) is 2.45. The van der Waals surface area contributed by atoms with Gasteiger partial charge in [0.25, 0.3) is 0 Å². The Balaban J connectivity index is 1.42. The molecule has 20 heavy (non-hydrogen) atoms. The Morgan fingerprint density at radius 3 is 2.95 bits per heavy atom. The highest BCUT2D eigenvalue weighted by molar-refractivity contribution is 5.44. The molecular weight excluding hydrogens is 258 g/mol. The van der Waals surface area contributed by atoms with E-state index in [-0.39, 0.29) is 6.10 Å². The number of hydrogen-bond acceptors (Lipinski definition) is 5. The van der Waals surface area contributed by atoms with Gasteiger partial charge in [-0.25, -0.2) is 0 Å². The molecule has 1 N–H and O–H groups in total. The van der Waals surface area contributed by atoms with Crippen LogP contribution >= 0.6 is 0 Å². The van der Waals surface area contributed by atoms with Crippen LogP contribution in [0.25, 0.3) is 0 Å². The zero-order valence-corrected chi connectivity index (χ0v) is 11.8. The van der Waals surface area contributed by atoms with Gasteiger partial charge in [-0.15, -0.1) is 0 Å². The second-order valence-corrected chi connectivity index (χ2v) is 5.22. The Kier molecular flexibility index (Phi) is 4.40. The van der Waals surface area contributed by atoms with Crippen molar-refractivity contribution in [3.8, 4) is 11.5 Å². The number of hydrogen-bond donors (Lipinski definition) is 1. The summed E-state index contributed by atoms with van der Waals surface area (Å²) < 4.78 is 22.3. The zero-order chi connectivity index (χ0) is 13.8. The molecule has 2 aliphatic heterocycles. The standard InChI is InChI=1S/C15H21NO4/c1-16-7-12-3-4-13(20-12)9-17-8-11-2-5-14-15(6-11)19-10-18-14/h2,5-6,12-13,16H,3-4,7-10H2,1H3. The summed E-state index contributed by atoms with van der Waals surface area (Å²) in [6, 6.07) is 5.91. The lowest BCUT2D eigenvalue weighted by Gasteiger charge is -2.13. The summed E-state index contributed by atoms with van der Waals surface area (Å²) in [5, 5.41) is 3.14. The van der Waals surface area contributed by atoms with Gasteiger partial charge >= 0.3 is 0 Å². The molecule has 0 aliphatic carbocycles. The Morgan fingerprint density at radius 2 is 2.05 bits per heavy atom. The predicted octanol–water partition coefficient (Wildman–Crippen LogP) is 1.70. The molecule has 0 spiro atoms. The normalized spacial score (nSPS) is 24.2. The van der Waals surface area contributed by atoms with Gasteiger partial charge in [-0.1, -0.05) is 6.07 Å². The number of likely N-dealkylation sites (N-methyl/N-ethyl adjacent to an activating group) is 1. The van der Waals surface area contributed by atoms with Crippen molar-refractivity contribution in [2.45, 2.75) is 31.7 Å². The van der Waals surface area contributed by atoms with Crippen molar-refractivity contribution >= 4 is 0 Å². The Bertz CT molecular complexity index is 451. The molecule has 5 nitrogen and oxygen atoms in total. The van der Waals surface area contributed by atoms with Gasteiger partial charge < -0.3 is 24.3 Å². The minimum Gasteiger partial charge on any atom is -0.454 e. The van der Waals surface area contributed by atoms with E-state index in [1.54, 1.807) is 0 Å². The summed E-state index contributed by atoms with van der Waals surface area (Å²) in [5.74, 6) is 1.61. The van der Waals surface area contributed by atoms with Crippen molar-refractivity contribution in [2.75, 3.05) is 27.0 Å². The van der Waals surface area contributed by atoms with Gasteiger partial charge in [-0.3, -0.25) is 0 Å². The van der Waals surface area contributed by atoms with Crippen molar-refractivity contribution in [3.05, 3.63) is 23.8 Å². The Morgan fingerprint density at radius 1 is 1.20 bits per heavy atom. The van der Waals surface area contributed by atoms with Crippen LogP contribution in [0.2, 0.25) is 0 Å². The van der Waals surface area contributed by atoms with Gasteiger partial charge in [0.2, 0.25) is 6.79 Å². The molecule has 0 amide bonds. The average molecular weight is 279 g/mol. The van der Waals surface area contributed by atoms with Gasteiger partial charge in [0.1, 0.15) is 0 Å². The van der Waals surface area contributed by atoms with E-state index in [9.17, 15) is 0 Å². The average Bonchev–Trinajstić information content (AvgIpc) is 3.08. The van der Waals surface area contributed by atoms with E-state index in [0.29, 0.717) is 26.1 Å². The van der Waals surface area contributed by atoms with E-state index in [2.05, 4.69) is 5.32 Å². The zero-order valence-electron chi connectivity index (χ0n) is 11.8. The van der Waals surface area contributed by atoms with Crippen molar-refractivity contribution < 1.29 is 18.9 Å². The lowest BCUT2D eigenvalue weighted by molar-refractivity contribution is -0.0185. The summed E-state index contributed by atoms with van der Waals surface area (Å²) >= 11 is 0. The topological polar surface area (TPSA) is 49.0 Å². The van der Waals surface area contributed by atoms with Crippen molar-refractivity contribution in [1.29, 1.82) is 0 Å². The molecule has 1 saturated heterocycles. The van der Waals surface area contributed by atoms with Crippen molar-refractivity contribution in [3.63, 3.8) is 0 Å². The minimum atomic E-state index is 0.224. The molecule has 1 aromatic rings. The Hall–Kier alpha value is -1.30. The Labute approximate surface area is 119 Å². The van der Waals surface area contributed by atoms with Gasteiger partial charge in [-0.05, 0) is 37.6 Å². The van der Waals surface area contributed by atoms with Crippen molar-refractivity contribution in [2.24, 2.45) is 0 Å². The van der Waals surface area contributed by atoms with E-state index in [1.165, 1.54) is 0 Å². The second-order valence-electron chi connectivity index (χ2n) is 5.22. The molecule has 2 heterocycles. The van der Waals surface area contributed by atoms with E-state index in [1.807, 2.05) is 25.2 Å². The molecule has 3 rings (SSSR count). The molecule has 110 valence electrons. The van der Waals surface area contributed by atoms with Crippen LogP contribution in [-0.4, -0.2) is 39.2 Å². The highest BCUT2D eigenvalue weighted by Crippen LogP contribution is 2.32. The van der Waals surface area contributed by atoms with Gasteiger partial charge in [0.05, 0.1) is 25.4 Å². The minimum absolute atomic E-state index is 0.224. The van der Waals surface area contributed by atoms with Crippen LogP contribution in [0.1, 0.15) is 18.4 Å². The van der Waals surface area contributed by atoms with E-state index < -0.39 is 0 Å². The number of nitrogens with one attached hydrogen (secondary N) is 1. The van der Waals surface area contributed by atoms with E-state index in [4.69, 9.17) is 18.9 Å². The molecule has 1 fully saturated rings. The first kappa shape index (κ1) is 13.7. The summed E-state index contributed by atoms with van der Waals surface area (Å²) in [5.41, 5.74) is 1.10. The molecule has 2 atom stereocenters. The molecule has 0 bridgehead atoms. The predicted molar refractivity (Wildman–Crippen MR) is 74.0 cm³/mol. The fourth-order valence-corrected chi connectivity index (χ4v) is 2.62. The quantitative estimate of drug-likeness (QED) is 0.859. The summed E-state index contributed by atoms with van der Waals surface area (Å²) in [4.78, 5) is 0. The van der Waals surface area contributed by atoms with Crippen LogP contribution < -0.4 is 14.8 Å². The molecule has 5 heteroatoms. The van der Waals surface area contributed by atoms with Crippen LogP contribution in [0.3, 0.4) is 0 Å². The lowest BCUT2D eigenvalue weighted by Crippen LogP contribution is -2.25. The molecule has 0 radical (unpaired) electrons. The molecular formula is C15H21NO4. The van der Waals surface area contributed by atoms with E-state index >= 15 is 0 Å². The lowest BCUT2D eigenvalue weighted by atomic mass is 10.2. The van der Waals surface area contributed by atoms with E-state index in [0.717, 1.165) is 36.4 Å². The second kappa shape index (κ2) is 6.43. The molecule has 2 unspecified atom stereocenters. The fourth-order valence-electron chi connectivity index (χ4n) is 2.62. The molecule has 1 aromatic carbocycles. The van der Waals surface area contributed by atoms with Gasteiger partial charge in [0, 0.05) is 6.54 Å². The first-order valence-electron chi connectivity index (χ1n) is 7.11. The van der Waals surface area contributed by atoms with Crippen molar-refractivity contribution in [1.82, 2.24) is 5.32 Å². The number of benzene rings is 1. The SMILES string of the molecule is CNCC1CCC(COCc2ccc3c(c2)OCO3)O1. The number of rotatable bonds is 6. The smallest absolute Gasteiger partial charge is 0.231 e. The third-order valence-corrected chi connectivity index (χ3v) is 3.64. The number of fused-ring (bicyclic) bond motifs is 1. The number of ether oxygens (including phenoxy) is 4. The third kappa shape index (κ3) is 3.23. The van der Waals surface area contributed by atoms with Gasteiger partial charge in [0.15, 0.2) is 11.5 Å². The first-order chi connectivity index (χ1) is 9.85. The van der Waals surface area contributed by atoms with Crippen LogP contribution in [0.4, 0.5) is 0 Å². The monoisotopic (exact) mass is 279 g/mol. The third-order valence-electron chi connectivity index (χ3n) is 3.64. The summed E-state index contributed by atoms with van der Waals surface area (Å²) in [6.07, 6.45) is 2.74. The van der Waals surface area contributed by atoms with Crippen LogP contribution in [0, 0.1) is 0 Å². The van der Waals surface area contributed by atoms with Crippen LogP contribution in [-0.2, 0) is 16.1 Å². The van der Waals surface area contributed by atoms with Crippen LogP contribution in [0.5, 0.6) is 11.5 Å². The largest absolute Gasteiger partial charge is 0.454 e. The van der Waals surface area contributed by atoms with Crippen LogP contribution in [0.15, 0.2) is 18.2 Å².